The molecule has 1 aliphatic rings. The van der Waals surface area contributed by atoms with Crippen molar-refractivity contribution in [2.75, 3.05) is 18.0 Å². The SMILES string of the molecule is Cc1nc(N2CCc3ccccc3CC2)ccc1CN. The second kappa shape index (κ2) is 5.63. The maximum absolute atomic E-state index is 5.71. The maximum Gasteiger partial charge on any atom is 0.128 e. The third-order valence-corrected chi connectivity index (χ3v) is 4.14. The molecular weight excluding hydrogens is 246 g/mol. The lowest BCUT2D eigenvalue weighted by Crippen LogP contribution is -2.27. The molecule has 2 aromatic rings. The smallest absolute Gasteiger partial charge is 0.128 e. The van der Waals surface area contributed by atoms with Crippen LogP contribution in [0.4, 0.5) is 5.82 Å². The number of hydrogen-bond acceptors (Lipinski definition) is 3. The second-order valence-corrected chi connectivity index (χ2v) is 5.37. The van der Waals surface area contributed by atoms with Crippen LogP contribution >= 0.6 is 0 Å². The van der Waals surface area contributed by atoms with E-state index < -0.39 is 0 Å². The monoisotopic (exact) mass is 267 g/mol. The lowest BCUT2D eigenvalue weighted by Gasteiger charge is -2.22. The summed E-state index contributed by atoms with van der Waals surface area (Å²) in [7, 11) is 0. The first-order valence-electron chi connectivity index (χ1n) is 7.26. The summed E-state index contributed by atoms with van der Waals surface area (Å²) in [6.07, 6.45) is 2.19. The molecular formula is C17H21N3. The minimum atomic E-state index is 0.560. The number of hydrogen-bond donors (Lipinski definition) is 1. The first-order chi connectivity index (χ1) is 9.78. The van der Waals surface area contributed by atoms with Gasteiger partial charge in [0.1, 0.15) is 5.82 Å². The van der Waals surface area contributed by atoms with Crippen LogP contribution in [0.5, 0.6) is 0 Å². The molecule has 2 N–H and O–H groups in total. The molecule has 2 heterocycles. The number of nitrogens with zero attached hydrogens (tertiary/aromatic N) is 2. The quantitative estimate of drug-likeness (QED) is 0.909. The third-order valence-electron chi connectivity index (χ3n) is 4.14. The van der Waals surface area contributed by atoms with E-state index in [4.69, 9.17) is 10.7 Å². The van der Waals surface area contributed by atoms with Gasteiger partial charge < -0.3 is 10.6 Å². The summed E-state index contributed by atoms with van der Waals surface area (Å²) in [4.78, 5) is 7.10. The Balaban J connectivity index is 1.81. The molecule has 20 heavy (non-hydrogen) atoms. The number of pyridine rings is 1. The van der Waals surface area contributed by atoms with Crippen molar-refractivity contribution < 1.29 is 0 Å². The fourth-order valence-corrected chi connectivity index (χ4v) is 2.87. The number of anilines is 1. The van der Waals surface area contributed by atoms with Crippen molar-refractivity contribution in [2.24, 2.45) is 5.73 Å². The van der Waals surface area contributed by atoms with E-state index in [0.29, 0.717) is 6.54 Å². The number of aryl methyl sites for hydroxylation is 1. The van der Waals surface area contributed by atoms with Crippen LogP contribution in [0.3, 0.4) is 0 Å². The van der Waals surface area contributed by atoms with Gasteiger partial charge in [0.25, 0.3) is 0 Å². The van der Waals surface area contributed by atoms with Crippen LogP contribution < -0.4 is 10.6 Å². The maximum atomic E-state index is 5.71. The van der Waals surface area contributed by atoms with Gasteiger partial charge in [0.05, 0.1) is 0 Å². The Bertz CT molecular complexity index is 580. The van der Waals surface area contributed by atoms with Crippen molar-refractivity contribution in [1.29, 1.82) is 0 Å². The molecule has 0 amide bonds. The molecule has 0 radical (unpaired) electrons. The fraction of sp³-hybridized carbons (Fsp3) is 0.353. The zero-order valence-corrected chi connectivity index (χ0v) is 12.0. The summed E-state index contributed by atoms with van der Waals surface area (Å²) in [5.41, 5.74) is 10.8. The molecule has 0 bridgehead atoms. The van der Waals surface area contributed by atoms with Crippen LogP contribution in [0.15, 0.2) is 36.4 Å². The number of rotatable bonds is 2. The van der Waals surface area contributed by atoms with Gasteiger partial charge in [-0.2, -0.15) is 0 Å². The zero-order chi connectivity index (χ0) is 13.9. The van der Waals surface area contributed by atoms with E-state index in [1.54, 1.807) is 0 Å². The molecule has 0 saturated heterocycles. The molecule has 1 aliphatic heterocycles. The van der Waals surface area contributed by atoms with Crippen molar-refractivity contribution in [3.05, 3.63) is 58.8 Å². The highest BCUT2D eigenvalue weighted by Gasteiger charge is 2.15. The third kappa shape index (κ3) is 2.54. The van der Waals surface area contributed by atoms with E-state index in [1.165, 1.54) is 11.1 Å². The molecule has 1 aromatic carbocycles. The summed E-state index contributed by atoms with van der Waals surface area (Å²) < 4.78 is 0. The van der Waals surface area contributed by atoms with E-state index in [0.717, 1.165) is 43.0 Å². The molecule has 3 rings (SSSR count). The van der Waals surface area contributed by atoms with Gasteiger partial charge in [-0.3, -0.25) is 0 Å². The van der Waals surface area contributed by atoms with Gasteiger partial charge in [-0.05, 0) is 42.5 Å². The molecule has 104 valence electrons. The first-order valence-corrected chi connectivity index (χ1v) is 7.26. The Morgan fingerprint density at radius 2 is 1.70 bits per heavy atom. The average Bonchev–Trinajstić information content (AvgIpc) is 2.70. The minimum Gasteiger partial charge on any atom is -0.356 e. The first kappa shape index (κ1) is 13.1. The van der Waals surface area contributed by atoms with Crippen molar-refractivity contribution in [3.63, 3.8) is 0 Å². The Labute approximate surface area is 120 Å². The standard InChI is InChI=1S/C17H21N3/c1-13-16(12-18)6-7-17(19-13)20-10-8-14-4-2-3-5-15(14)9-11-20/h2-7H,8-12,18H2,1H3. The Kier molecular flexibility index (Phi) is 3.70. The molecule has 0 fully saturated rings. The van der Waals surface area contributed by atoms with Crippen LogP contribution in [0, 0.1) is 6.92 Å². The van der Waals surface area contributed by atoms with E-state index >= 15 is 0 Å². The van der Waals surface area contributed by atoms with Gasteiger partial charge in [-0.25, -0.2) is 4.98 Å². The Hall–Kier alpha value is -1.87. The summed E-state index contributed by atoms with van der Waals surface area (Å²) in [5, 5.41) is 0. The van der Waals surface area contributed by atoms with Crippen molar-refractivity contribution in [3.8, 4) is 0 Å². The molecule has 3 nitrogen and oxygen atoms in total. The van der Waals surface area contributed by atoms with Crippen molar-refractivity contribution >= 4 is 5.82 Å². The summed E-state index contributed by atoms with van der Waals surface area (Å²) in [6, 6.07) is 13.0. The van der Waals surface area contributed by atoms with E-state index in [1.807, 2.05) is 6.92 Å². The van der Waals surface area contributed by atoms with Crippen LogP contribution in [0.25, 0.3) is 0 Å². The second-order valence-electron chi connectivity index (χ2n) is 5.37. The molecule has 0 spiro atoms. The number of fused-ring (bicyclic) bond motifs is 1. The highest BCUT2D eigenvalue weighted by Crippen LogP contribution is 2.20. The lowest BCUT2D eigenvalue weighted by atomic mass is 10.0. The highest BCUT2D eigenvalue weighted by molar-refractivity contribution is 5.44. The van der Waals surface area contributed by atoms with Crippen LogP contribution in [-0.4, -0.2) is 18.1 Å². The molecule has 1 aromatic heterocycles. The molecule has 0 unspecified atom stereocenters. The predicted octanol–water partition coefficient (Wildman–Crippen LogP) is 2.45. The fourth-order valence-electron chi connectivity index (χ4n) is 2.87. The largest absolute Gasteiger partial charge is 0.356 e. The Morgan fingerprint density at radius 3 is 2.25 bits per heavy atom. The molecule has 0 saturated carbocycles. The van der Waals surface area contributed by atoms with Gasteiger partial charge in [0.2, 0.25) is 0 Å². The number of benzene rings is 1. The summed E-state index contributed by atoms with van der Waals surface area (Å²) in [6.45, 7) is 4.67. The van der Waals surface area contributed by atoms with Gasteiger partial charge in [0, 0.05) is 25.3 Å². The molecule has 0 aliphatic carbocycles. The summed E-state index contributed by atoms with van der Waals surface area (Å²) in [5.74, 6) is 1.08. The van der Waals surface area contributed by atoms with Gasteiger partial charge in [-0.15, -0.1) is 0 Å². The molecule has 0 atom stereocenters. The minimum absolute atomic E-state index is 0.560. The molecule has 3 heteroatoms. The van der Waals surface area contributed by atoms with Crippen LogP contribution in [-0.2, 0) is 19.4 Å². The van der Waals surface area contributed by atoms with Crippen molar-refractivity contribution in [1.82, 2.24) is 4.98 Å². The van der Waals surface area contributed by atoms with Crippen LogP contribution in [0.2, 0.25) is 0 Å². The topological polar surface area (TPSA) is 42.2 Å². The number of nitrogens with two attached hydrogens (primary N) is 1. The average molecular weight is 267 g/mol. The van der Waals surface area contributed by atoms with Gasteiger partial charge in [0.15, 0.2) is 0 Å². The van der Waals surface area contributed by atoms with E-state index in [9.17, 15) is 0 Å². The zero-order valence-electron chi connectivity index (χ0n) is 12.0. The van der Waals surface area contributed by atoms with E-state index in [-0.39, 0.29) is 0 Å². The number of aromatic nitrogens is 1. The van der Waals surface area contributed by atoms with Gasteiger partial charge in [-0.1, -0.05) is 30.3 Å². The lowest BCUT2D eigenvalue weighted by molar-refractivity contribution is 0.786. The van der Waals surface area contributed by atoms with Crippen LogP contribution in [0.1, 0.15) is 22.4 Å². The van der Waals surface area contributed by atoms with Gasteiger partial charge >= 0.3 is 0 Å². The summed E-state index contributed by atoms with van der Waals surface area (Å²) >= 11 is 0. The van der Waals surface area contributed by atoms with Crippen molar-refractivity contribution in [2.45, 2.75) is 26.3 Å². The van der Waals surface area contributed by atoms with E-state index in [2.05, 4.69) is 41.3 Å². The Morgan fingerprint density at radius 1 is 1.05 bits per heavy atom. The predicted molar refractivity (Wildman–Crippen MR) is 82.9 cm³/mol. The normalized spacial score (nSPS) is 14.8. The highest BCUT2D eigenvalue weighted by atomic mass is 15.2.